The zero-order valence-corrected chi connectivity index (χ0v) is 16.7. The van der Waals surface area contributed by atoms with Crippen LogP contribution in [-0.4, -0.2) is 40.7 Å². The van der Waals surface area contributed by atoms with Crippen molar-refractivity contribution in [2.24, 2.45) is 0 Å². The van der Waals surface area contributed by atoms with Crippen LogP contribution in [0.2, 0.25) is 0 Å². The number of aryl methyl sites for hydroxylation is 1. The molecule has 1 aromatic carbocycles. The standard InChI is InChI=1S/C17H18N4O2.CH4O3S/c1-3-15-17(16(4-2)21(20-15)5-6-22)23-14-8-12(10-18)7-13(9-14)11-19;1-5(2,3)4/h7-9,22H,3-6H2,1-2H3;1H3,(H,2,3,4). The molecule has 0 bridgehead atoms. The third kappa shape index (κ3) is 7.00. The molecule has 9 nitrogen and oxygen atoms in total. The zero-order chi connectivity index (χ0) is 21.3. The van der Waals surface area contributed by atoms with Crippen molar-refractivity contribution in [2.75, 3.05) is 12.9 Å². The molecule has 2 rings (SSSR count). The maximum absolute atomic E-state index is 9.19. The van der Waals surface area contributed by atoms with Gasteiger partial charge in [-0.1, -0.05) is 13.8 Å². The van der Waals surface area contributed by atoms with E-state index in [2.05, 4.69) is 5.10 Å². The van der Waals surface area contributed by atoms with Gasteiger partial charge < -0.3 is 9.84 Å². The van der Waals surface area contributed by atoms with Crippen molar-refractivity contribution in [3.05, 3.63) is 40.7 Å². The van der Waals surface area contributed by atoms with Crippen LogP contribution in [0.25, 0.3) is 0 Å². The van der Waals surface area contributed by atoms with Crippen molar-refractivity contribution in [1.82, 2.24) is 9.78 Å². The van der Waals surface area contributed by atoms with Gasteiger partial charge in [0.25, 0.3) is 10.1 Å². The fourth-order valence-corrected chi connectivity index (χ4v) is 2.41. The first-order valence-electron chi connectivity index (χ1n) is 8.41. The summed E-state index contributed by atoms with van der Waals surface area (Å²) in [5.74, 6) is 1.08. The molecule has 1 aromatic heterocycles. The van der Waals surface area contributed by atoms with Crippen LogP contribution in [0.15, 0.2) is 18.2 Å². The molecule has 150 valence electrons. The maximum Gasteiger partial charge on any atom is 0.261 e. The van der Waals surface area contributed by atoms with E-state index in [9.17, 15) is 8.42 Å². The molecule has 0 aliphatic carbocycles. The largest absolute Gasteiger partial charge is 0.453 e. The molecular formula is C18H22N4O5S. The third-order valence-corrected chi connectivity index (χ3v) is 3.44. The number of hydrogen-bond acceptors (Lipinski definition) is 7. The number of rotatable bonds is 6. The van der Waals surface area contributed by atoms with E-state index in [1.807, 2.05) is 26.0 Å². The summed E-state index contributed by atoms with van der Waals surface area (Å²) in [6.45, 7) is 4.37. The summed E-state index contributed by atoms with van der Waals surface area (Å²) >= 11 is 0. The second-order valence-electron chi connectivity index (χ2n) is 5.68. The Labute approximate surface area is 164 Å². The van der Waals surface area contributed by atoms with Gasteiger partial charge in [0.2, 0.25) is 0 Å². The number of nitrogens with zero attached hydrogens (tertiary/aromatic N) is 4. The Hall–Kier alpha value is -2.92. The highest BCUT2D eigenvalue weighted by Crippen LogP contribution is 2.31. The van der Waals surface area contributed by atoms with Gasteiger partial charge in [0, 0.05) is 0 Å². The summed E-state index contributed by atoms with van der Waals surface area (Å²) in [6.07, 6.45) is 2.10. The van der Waals surface area contributed by atoms with Crippen LogP contribution in [0.4, 0.5) is 0 Å². The summed E-state index contributed by atoms with van der Waals surface area (Å²) in [6, 6.07) is 8.77. The van der Waals surface area contributed by atoms with Crippen LogP contribution in [-0.2, 0) is 29.5 Å². The van der Waals surface area contributed by atoms with Gasteiger partial charge in [0.1, 0.15) is 11.4 Å². The topological polar surface area (TPSA) is 149 Å². The highest BCUT2D eigenvalue weighted by molar-refractivity contribution is 7.85. The van der Waals surface area contributed by atoms with Crippen molar-refractivity contribution in [1.29, 1.82) is 10.5 Å². The number of aliphatic hydroxyl groups is 1. The van der Waals surface area contributed by atoms with Crippen molar-refractivity contribution in [2.45, 2.75) is 33.2 Å². The molecule has 0 spiro atoms. The Morgan fingerprint density at radius 3 is 2.07 bits per heavy atom. The molecule has 0 saturated carbocycles. The van der Waals surface area contributed by atoms with E-state index in [1.165, 1.54) is 6.07 Å². The summed E-state index contributed by atoms with van der Waals surface area (Å²) in [5, 5.41) is 31.8. The lowest BCUT2D eigenvalue weighted by molar-refractivity contribution is 0.267. The monoisotopic (exact) mass is 406 g/mol. The van der Waals surface area contributed by atoms with Gasteiger partial charge in [-0.15, -0.1) is 0 Å². The fraction of sp³-hybridized carbons (Fsp3) is 0.389. The molecule has 0 aliphatic rings. The predicted molar refractivity (Wildman–Crippen MR) is 101 cm³/mol. The Kier molecular flexibility index (Phi) is 8.61. The number of nitriles is 2. The minimum atomic E-state index is -3.67. The summed E-state index contributed by atoms with van der Waals surface area (Å²) in [4.78, 5) is 0. The fourth-order valence-electron chi connectivity index (χ4n) is 2.41. The van der Waals surface area contributed by atoms with Crippen LogP contribution >= 0.6 is 0 Å². The van der Waals surface area contributed by atoms with Gasteiger partial charge in [0.15, 0.2) is 5.75 Å². The van der Waals surface area contributed by atoms with Crippen LogP contribution in [0.3, 0.4) is 0 Å². The quantitative estimate of drug-likeness (QED) is 0.692. The SMILES string of the molecule is CCc1nn(CCO)c(CC)c1Oc1cc(C#N)cc(C#N)c1.CS(=O)(=O)O. The molecule has 0 fully saturated rings. The Morgan fingerprint density at radius 1 is 1.14 bits per heavy atom. The first-order chi connectivity index (χ1) is 13.2. The van der Waals surface area contributed by atoms with Crippen LogP contribution in [0.1, 0.15) is 36.4 Å². The smallest absolute Gasteiger partial charge is 0.261 e. The third-order valence-electron chi connectivity index (χ3n) is 3.44. The summed E-state index contributed by atoms with van der Waals surface area (Å²) < 4.78 is 33.6. The minimum Gasteiger partial charge on any atom is -0.453 e. The van der Waals surface area contributed by atoms with Gasteiger partial charge in [-0.05, 0) is 31.0 Å². The molecule has 0 saturated heterocycles. The normalized spacial score (nSPS) is 10.4. The molecule has 10 heteroatoms. The summed E-state index contributed by atoms with van der Waals surface area (Å²) in [5.41, 5.74) is 2.42. The van der Waals surface area contributed by atoms with Crippen LogP contribution < -0.4 is 4.74 Å². The van der Waals surface area contributed by atoms with E-state index in [4.69, 9.17) is 24.9 Å². The highest BCUT2D eigenvalue weighted by atomic mass is 32.2. The molecule has 28 heavy (non-hydrogen) atoms. The first kappa shape index (κ1) is 23.1. The second-order valence-corrected chi connectivity index (χ2v) is 7.15. The van der Waals surface area contributed by atoms with Gasteiger partial charge in [0.05, 0.1) is 48.4 Å². The Balaban J connectivity index is 0.000000696. The number of benzene rings is 1. The van der Waals surface area contributed by atoms with E-state index in [-0.39, 0.29) is 6.61 Å². The predicted octanol–water partition coefficient (Wildman–Crippen LogP) is 2.04. The average molecular weight is 406 g/mol. The van der Waals surface area contributed by atoms with Crippen LogP contribution in [0, 0.1) is 22.7 Å². The summed E-state index contributed by atoms with van der Waals surface area (Å²) in [7, 11) is -3.67. The molecule has 0 unspecified atom stereocenters. The van der Waals surface area contributed by atoms with Crippen molar-refractivity contribution >= 4 is 10.1 Å². The molecule has 2 N–H and O–H groups in total. The van der Waals surface area contributed by atoms with Crippen molar-refractivity contribution < 1.29 is 22.8 Å². The van der Waals surface area contributed by atoms with Gasteiger partial charge in [-0.3, -0.25) is 9.23 Å². The van der Waals surface area contributed by atoms with Gasteiger partial charge in [-0.25, -0.2) is 0 Å². The number of aromatic nitrogens is 2. The molecule has 0 amide bonds. The first-order valence-corrected chi connectivity index (χ1v) is 10.3. The van der Waals surface area contributed by atoms with E-state index in [1.54, 1.807) is 16.8 Å². The number of hydrogen-bond donors (Lipinski definition) is 2. The maximum atomic E-state index is 9.19. The lowest BCUT2D eigenvalue weighted by Crippen LogP contribution is -2.08. The zero-order valence-electron chi connectivity index (χ0n) is 15.9. The van der Waals surface area contributed by atoms with E-state index in [0.29, 0.717) is 48.3 Å². The molecule has 0 atom stereocenters. The molecule has 1 heterocycles. The lowest BCUT2D eigenvalue weighted by atomic mass is 10.1. The van der Waals surface area contributed by atoms with Gasteiger partial charge >= 0.3 is 0 Å². The number of aliphatic hydroxyl groups excluding tert-OH is 1. The van der Waals surface area contributed by atoms with E-state index < -0.39 is 10.1 Å². The molecule has 2 aromatic rings. The highest BCUT2D eigenvalue weighted by Gasteiger charge is 2.18. The average Bonchev–Trinajstić information content (AvgIpc) is 2.96. The number of ether oxygens (including phenoxy) is 1. The van der Waals surface area contributed by atoms with Gasteiger partial charge in [-0.2, -0.15) is 24.0 Å². The van der Waals surface area contributed by atoms with Crippen molar-refractivity contribution in [3.63, 3.8) is 0 Å². The Bertz CT molecular complexity index is 960. The van der Waals surface area contributed by atoms with E-state index in [0.717, 1.165) is 11.4 Å². The van der Waals surface area contributed by atoms with Crippen molar-refractivity contribution in [3.8, 4) is 23.6 Å². The lowest BCUT2D eigenvalue weighted by Gasteiger charge is -2.09. The van der Waals surface area contributed by atoms with Crippen LogP contribution in [0.5, 0.6) is 11.5 Å². The van der Waals surface area contributed by atoms with E-state index >= 15 is 0 Å². The Morgan fingerprint density at radius 2 is 1.68 bits per heavy atom. The minimum absolute atomic E-state index is 0.000226. The molecular weight excluding hydrogens is 384 g/mol. The second kappa shape index (κ2) is 10.4. The molecule has 0 radical (unpaired) electrons. The molecule has 0 aliphatic heterocycles.